The first-order valence-corrected chi connectivity index (χ1v) is 4.18. The van der Waals surface area contributed by atoms with E-state index in [0.717, 1.165) is 21.4 Å². The highest BCUT2D eigenvalue weighted by atomic mass is 32.1. The summed E-state index contributed by atoms with van der Waals surface area (Å²) in [5, 5.41) is 20.2. The molecule has 4 heteroatoms. The molecule has 58 valence electrons. The van der Waals surface area contributed by atoms with Crippen molar-refractivity contribution in [3.63, 3.8) is 0 Å². The molecule has 2 aromatic rings. The molecule has 1 aromatic carbocycles. The molecule has 0 spiro atoms. The zero-order valence-electron chi connectivity index (χ0n) is 6.02. The molecule has 0 N–H and O–H groups in total. The number of diazo groups is 1. The van der Waals surface area contributed by atoms with Crippen LogP contribution in [0.2, 0.25) is 0 Å². The van der Waals surface area contributed by atoms with Gasteiger partial charge in [-0.15, -0.1) is 11.3 Å². The molecular weight excluding hydrogens is 172 g/mol. The fraction of sp³-hybridized carbons (Fsp3) is 0. The normalized spacial score (nSPS) is 9.92. The van der Waals surface area contributed by atoms with Crippen molar-refractivity contribution in [2.45, 2.75) is 0 Å². The summed E-state index contributed by atoms with van der Waals surface area (Å²) in [5.74, 6) is 0. The molecule has 1 aromatic heterocycles. The molecule has 1 heterocycles. The molecule has 0 aliphatic heterocycles. The third kappa shape index (κ3) is 0.840. The Balaban J connectivity index is 2.93. The number of hydrogen-bond acceptors (Lipinski definition) is 3. The van der Waals surface area contributed by atoms with Crippen LogP contribution >= 0.6 is 11.3 Å². The maximum absolute atomic E-state index is 11.1. The summed E-state index contributed by atoms with van der Waals surface area (Å²) < 4.78 is 0.857. The van der Waals surface area contributed by atoms with Gasteiger partial charge in [0.15, 0.2) is 4.98 Å². The summed E-state index contributed by atoms with van der Waals surface area (Å²) in [6.07, 6.45) is 0. The molecule has 0 saturated heterocycles. The number of rotatable bonds is 0. The molecular formula is C8H4N2OS. The van der Waals surface area contributed by atoms with E-state index in [4.69, 9.17) is 5.39 Å². The van der Waals surface area contributed by atoms with Crippen molar-refractivity contribution in [1.82, 2.24) is 0 Å². The van der Waals surface area contributed by atoms with E-state index in [1.54, 1.807) is 6.07 Å². The number of thiophene rings is 1. The van der Waals surface area contributed by atoms with E-state index in [2.05, 4.69) is 4.98 Å². The minimum absolute atomic E-state index is 0.149. The molecule has 0 unspecified atom stereocenters. The quantitative estimate of drug-likeness (QED) is 0.579. The second-order valence-corrected chi connectivity index (χ2v) is 3.35. The largest absolute Gasteiger partial charge is 0.859 e. The van der Waals surface area contributed by atoms with Gasteiger partial charge in [-0.25, -0.2) is 0 Å². The predicted octanol–water partition coefficient (Wildman–Crippen LogP) is 2.46. The summed E-state index contributed by atoms with van der Waals surface area (Å²) in [6.45, 7) is 0. The van der Waals surface area contributed by atoms with Crippen LogP contribution in [0.4, 0.5) is 5.69 Å². The average Bonchev–Trinajstić information content (AvgIpc) is 2.40. The Morgan fingerprint density at radius 1 is 1.33 bits per heavy atom. The van der Waals surface area contributed by atoms with Crippen molar-refractivity contribution in [2.75, 3.05) is 0 Å². The molecule has 2 rings (SSSR count). The van der Waals surface area contributed by atoms with Crippen LogP contribution in [0.15, 0.2) is 24.3 Å². The molecule has 0 saturated carbocycles. The average molecular weight is 176 g/mol. The maximum Gasteiger partial charge on any atom is 0.395 e. The Morgan fingerprint density at radius 2 is 2.08 bits per heavy atom. The van der Waals surface area contributed by atoms with Crippen LogP contribution in [-0.2, 0) is 0 Å². The SMILES string of the molecule is N#[N+]c1c([O-])sc2ccccc12. The highest BCUT2D eigenvalue weighted by molar-refractivity contribution is 7.21. The van der Waals surface area contributed by atoms with Gasteiger partial charge in [-0.1, -0.05) is 12.1 Å². The van der Waals surface area contributed by atoms with Crippen LogP contribution in [0.1, 0.15) is 0 Å². The second-order valence-electron chi connectivity index (χ2n) is 2.33. The van der Waals surface area contributed by atoms with Gasteiger partial charge in [0.1, 0.15) is 0 Å². The van der Waals surface area contributed by atoms with Crippen molar-refractivity contribution in [2.24, 2.45) is 0 Å². The molecule has 0 aliphatic rings. The highest BCUT2D eigenvalue weighted by Crippen LogP contribution is 2.40. The molecule has 12 heavy (non-hydrogen) atoms. The molecule has 0 aliphatic carbocycles. The van der Waals surface area contributed by atoms with Crippen LogP contribution in [-0.4, -0.2) is 0 Å². The van der Waals surface area contributed by atoms with E-state index in [1.807, 2.05) is 18.2 Å². The van der Waals surface area contributed by atoms with E-state index in [-0.39, 0.29) is 10.8 Å². The Morgan fingerprint density at radius 3 is 2.83 bits per heavy atom. The van der Waals surface area contributed by atoms with Crippen LogP contribution in [0.5, 0.6) is 5.06 Å². The number of hydrogen-bond donors (Lipinski definition) is 0. The van der Waals surface area contributed by atoms with Gasteiger partial charge in [-0.05, 0) is 12.1 Å². The highest BCUT2D eigenvalue weighted by Gasteiger charge is 2.15. The van der Waals surface area contributed by atoms with E-state index < -0.39 is 0 Å². The molecule has 0 fully saturated rings. The summed E-state index contributed by atoms with van der Waals surface area (Å²) in [7, 11) is 0. The Hall–Kier alpha value is -1.60. The Bertz CT molecular complexity index is 469. The van der Waals surface area contributed by atoms with Gasteiger partial charge in [0.2, 0.25) is 5.39 Å². The lowest BCUT2D eigenvalue weighted by atomic mass is 10.2. The van der Waals surface area contributed by atoms with Gasteiger partial charge < -0.3 is 5.11 Å². The fourth-order valence-electron chi connectivity index (χ4n) is 1.10. The van der Waals surface area contributed by atoms with Gasteiger partial charge in [0.25, 0.3) is 0 Å². The lowest BCUT2D eigenvalue weighted by Gasteiger charge is -1.87. The minimum atomic E-state index is -0.196. The summed E-state index contributed by atoms with van der Waals surface area (Å²) in [6, 6.07) is 7.25. The van der Waals surface area contributed by atoms with Crippen LogP contribution in [0.25, 0.3) is 15.1 Å². The first-order chi connectivity index (χ1) is 5.83. The Labute approximate surface area is 72.5 Å². The third-order valence-electron chi connectivity index (χ3n) is 1.64. The van der Waals surface area contributed by atoms with Crippen molar-refractivity contribution in [3.8, 4) is 5.06 Å². The van der Waals surface area contributed by atoms with Gasteiger partial charge in [-0.3, -0.25) is 0 Å². The Kier molecular flexibility index (Phi) is 1.45. The van der Waals surface area contributed by atoms with Crippen molar-refractivity contribution in [1.29, 1.82) is 5.39 Å². The zero-order valence-corrected chi connectivity index (χ0v) is 6.84. The lowest BCUT2D eigenvalue weighted by Crippen LogP contribution is -1.82. The van der Waals surface area contributed by atoms with Gasteiger partial charge >= 0.3 is 5.69 Å². The van der Waals surface area contributed by atoms with Crippen LogP contribution < -0.4 is 5.11 Å². The van der Waals surface area contributed by atoms with Gasteiger partial charge in [-0.2, -0.15) is 0 Å². The van der Waals surface area contributed by atoms with Gasteiger partial charge in [0.05, 0.1) is 5.39 Å². The first-order valence-electron chi connectivity index (χ1n) is 3.36. The van der Waals surface area contributed by atoms with E-state index in [9.17, 15) is 5.11 Å². The number of benzene rings is 1. The van der Waals surface area contributed by atoms with Gasteiger partial charge in [0, 0.05) is 9.76 Å². The van der Waals surface area contributed by atoms with Crippen LogP contribution in [0, 0.1) is 5.39 Å². The maximum atomic E-state index is 11.1. The van der Waals surface area contributed by atoms with Crippen molar-refractivity contribution < 1.29 is 5.11 Å². The standard InChI is InChI=1S/C8H4N2OS/c9-10-7-5-3-1-2-4-6(5)12-8(7)11/h1-4H. The molecule has 0 radical (unpaired) electrons. The van der Waals surface area contributed by atoms with E-state index in [1.165, 1.54) is 0 Å². The monoisotopic (exact) mass is 176 g/mol. The number of fused-ring (bicyclic) bond motifs is 1. The summed E-state index contributed by atoms with van der Waals surface area (Å²) in [4.78, 5) is 2.96. The summed E-state index contributed by atoms with van der Waals surface area (Å²) >= 11 is 1.09. The van der Waals surface area contributed by atoms with Crippen molar-refractivity contribution in [3.05, 3.63) is 29.2 Å². The molecule has 0 atom stereocenters. The first kappa shape index (κ1) is 7.07. The van der Waals surface area contributed by atoms with E-state index >= 15 is 0 Å². The fourth-order valence-corrected chi connectivity index (χ4v) is 1.97. The van der Waals surface area contributed by atoms with E-state index in [0.29, 0.717) is 0 Å². The third-order valence-corrected chi connectivity index (χ3v) is 2.59. The smallest absolute Gasteiger partial charge is 0.395 e. The topological polar surface area (TPSA) is 51.2 Å². The lowest BCUT2D eigenvalue weighted by molar-refractivity contribution is -0.260. The second kappa shape index (κ2) is 2.47. The molecule has 0 bridgehead atoms. The predicted molar refractivity (Wildman–Crippen MR) is 46.0 cm³/mol. The molecule has 0 amide bonds. The van der Waals surface area contributed by atoms with Crippen LogP contribution in [0.3, 0.4) is 0 Å². The zero-order chi connectivity index (χ0) is 8.55. The summed E-state index contributed by atoms with van der Waals surface area (Å²) in [5.41, 5.74) is 0.149. The minimum Gasteiger partial charge on any atom is -0.859 e. The number of nitrogens with zero attached hydrogens (tertiary/aromatic N) is 2. The molecule has 3 nitrogen and oxygen atoms in total. The van der Waals surface area contributed by atoms with Crippen molar-refractivity contribution >= 4 is 27.1 Å².